The molecule has 0 radical (unpaired) electrons. The van der Waals surface area contributed by atoms with Gasteiger partial charge in [-0.2, -0.15) is 0 Å². The first-order valence-electron chi connectivity index (χ1n) is 3.45. The highest BCUT2D eigenvalue weighted by Crippen LogP contribution is 2.18. The molecule has 0 spiro atoms. The second-order valence-electron chi connectivity index (χ2n) is 2.52. The Morgan fingerprint density at radius 2 is 2.07 bits per heavy atom. The van der Waals surface area contributed by atoms with E-state index in [2.05, 4.69) is 9.97 Å². The van der Waals surface area contributed by atoms with Gasteiger partial charge in [0.1, 0.15) is 0 Å². The Hall–Kier alpha value is -0.780. The lowest BCUT2D eigenvalue weighted by molar-refractivity contribution is 0.609. The van der Waals surface area contributed by atoms with Crippen molar-refractivity contribution in [2.24, 2.45) is 0 Å². The molecule has 0 saturated heterocycles. The third kappa shape index (κ3) is 2.00. The summed E-state index contributed by atoms with van der Waals surface area (Å²) in [5.74, 6) is 0. The van der Waals surface area contributed by atoms with Crippen molar-refractivity contribution in [1.82, 2.24) is 9.97 Å². The van der Waals surface area contributed by atoms with E-state index < -0.39 is 9.05 Å². The van der Waals surface area contributed by atoms with Crippen molar-refractivity contribution in [3.63, 3.8) is 0 Å². The molecule has 0 bridgehead atoms. The van der Waals surface area contributed by atoms with Crippen LogP contribution in [0.1, 0.15) is 0 Å². The Labute approximate surface area is 91.1 Å². The molecule has 1 aromatic carbocycles. The summed E-state index contributed by atoms with van der Waals surface area (Å²) in [5.41, 5.74) is 1.37. The molecule has 14 heavy (non-hydrogen) atoms. The van der Waals surface area contributed by atoms with Crippen LogP contribution in [0, 0.1) is 0 Å². The van der Waals surface area contributed by atoms with E-state index in [-0.39, 0.29) is 17.3 Å². The summed E-state index contributed by atoms with van der Waals surface area (Å²) in [6.45, 7) is 0. The number of nitrogens with zero attached hydrogens (tertiary/aromatic N) is 1. The zero-order valence-electron chi connectivity index (χ0n) is 6.77. The molecular weight excluding hydrogens is 247 g/mol. The number of aromatic nitrogens is 2. The first kappa shape index (κ1) is 11.3. The number of rotatable bonds is 1. The van der Waals surface area contributed by atoms with Crippen LogP contribution in [0.2, 0.25) is 0 Å². The predicted octanol–water partition coefficient (Wildman–Crippen LogP) is 1.91. The molecule has 2 rings (SSSR count). The van der Waals surface area contributed by atoms with Crippen LogP contribution in [0.3, 0.4) is 0 Å². The molecule has 1 N–H and O–H groups in total. The first-order valence-corrected chi connectivity index (χ1v) is 5.76. The molecule has 0 aliphatic carbocycles. The Morgan fingerprint density at radius 1 is 1.36 bits per heavy atom. The zero-order chi connectivity index (χ0) is 9.47. The quantitative estimate of drug-likeness (QED) is 0.789. The number of hydrogen-bond donors (Lipinski definition) is 1. The molecule has 2 aromatic rings. The smallest absolute Gasteiger partial charge is 0.261 e. The normalized spacial score (nSPS) is 11.2. The molecule has 0 fully saturated rings. The van der Waals surface area contributed by atoms with Crippen LogP contribution < -0.4 is 0 Å². The van der Waals surface area contributed by atoms with Crippen LogP contribution in [0.25, 0.3) is 11.0 Å². The fourth-order valence-corrected chi connectivity index (χ4v) is 1.84. The number of halogens is 2. The highest BCUT2D eigenvalue weighted by Gasteiger charge is 2.10. The maximum absolute atomic E-state index is 10.9. The monoisotopic (exact) mass is 252 g/mol. The summed E-state index contributed by atoms with van der Waals surface area (Å²) in [6.07, 6.45) is 1.50. The van der Waals surface area contributed by atoms with E-state index in [1.165, 1.54) is 18.5 Å². The number of imidazole rings is 1. The fourth-order valence-electron chi connectivity index (χ4n) is 1.07. The Morgan fingerprint density at radius 3 is 2.71 bits per heavy atom. The summed E-state index contributed by atoms with van der Waals surface area (Å²) in [5, 5.41) is 0. The summed E-state index contributed by atoms with van der Waals surface area (Å²) in [7, 11) is 1.52. The number of fused-ring (bicyclic) bond motifs is 1. The Balaban J connectivity index is 0.000000980. The van der Waals surface area contributed by atoms with Crippen molar-refractivity contribution in [3.8, 4) is 0 Å². The van der Waals surface area contributed by atoms with Crippen molar-refractivity contribution in [3.05, 3.63) is 24.5 Å². The molecule has 0 saturated carbocycles. The van der Waals surface area contributed by atoms with E-state index in [1.807, 2.05) is 0 Å². The summed E-state index contributed by atoms with van der Waals surface area (Å²) in [6, 6.07) is 4.47. The van der Waals surface area contributed by atoms with Crippen LogP contribution in [-0.2, 0) is 9.05 Å². The Bertz CT molecular complexity index is 550. The van der Waals surface area contributed by atoms with Crippen LogP contribution in [0.15, 0.2) is 29.4 Å². The maximum atomic E-state index is 10.9. The molecule has 1 heterocycles. The lowest BCUT2D eigenvalue weighted by Gasteiger charge is -1.94. The molecule has 0 unspecified atom stereocenters. The fraction of sp³-hybridized carbons (Fsp3) is 0. The van der Waals surface area contributed by atoms with Gasteiger partial charge >= 0.3 is 0 Å². The van der Waals surface area contributed by atoms with Crippen molar-refractivity contribution in [1.29, 1.82) is 0 Å². The van der Waals surface area contributed by atoms with Gasteiger partial charge in [-0.1, -0.05) is 0 Å². The SMILES string of the molecule is Cl.O=S(=O)(Cl)c1ccc2nc[nH]c2c1. The van der Waals surface area contributed by atoms with Crippen molar-refractivity contribution >= 4 is 43.2 Å². The van der Waals surface area contributed by atoms with Crippen molar-refractivity contribution in [2.45, 2.75) is 4.90 Å². The number of nitrogens with one attached hydrogen (secondary N) is 1. The summed E-state index contributed by atoms with van der Waals surface area (Å²) in [4.78, 5) is 6.82. The highest BCUT2D eigenvalue weighted by molar-refractivity contribution is 8.13. The van der Waals surface area contributed by atoms with Crippen LogP contribution in [0.4, 0.5) is 0 Å². The number of H-pyrrole nitrogens is 1. The minimum Gasteiger partial charge on any atom is -0.345 e. The maximum Gasteiger partial charge on any atom is 0.261 e. The molecule has 4 nitrogen and oxygen atoms in total. The largest absolute Gasteiger partial charge is 0.345 e. The van der Waals surface area contributed by atoms with Gasteiger partial charge in [-0.15, -0.1) is 12.4 Å². The van der Waals surface area contributed by atoms with E-state index in [0.29, 0.717) is 11.0 Å². The van der Waals surface area contributed by atoms with E-state index in [1.54, 1.807) is 6.07 Å². The second-order valence-corrected chi connectivity index (χ2v) is 5.09. The molecule has 0 aliphatic heterocycles. The second kappa shape index (κ2) is 3.76. The first-order chi connectivity index (χ1) is 6.07. The third-order valence-electron chi connectivity index (χ3n) is 1.67. The van der Waals surface area contributed by atoms with Gasteiger partial charge in [0.15, 0.2) is 0 Å². The third-order valence-corrected chi connectivity index (χ3v) is 3.02. The summed E-state index contributed by atoms with van der Waals surface area (Å²) < 4.78 is 21.9. The average Bonchev–Trinajstić information content (AvgIpc) is 2.47. The number of aromatic amines is 1. The summed E-state index contributed by atoms with van der Waals surface area (Å²) >= 11 is 0. The van der Waals surface area contributed by atoms with Gasteiger partial charge in [0, 0.05) is 10.7 Å². The van der Waals surface area contributed by atoms with Gasteiger partial charge < -0.3 is 4.98 Å². The minimum absolute atomic E-state index is 0. The Kier molecular flexibility index (Phi) is 3.04. The molecule has 0 atom stereocenters. The standard InChI is InChI=1S/C7H5ClN2O2S.ClH/c8-13(11,12)5-1-2-6-7(3-5)10-4-9-6;/h1-4H,(H,9,10);1H. The van der Waals surface area contributed by atoms with Crippen LogP contribution in [0.5, 0.6) is 0 Å². The van der Waals surface area contributed by atoms with Gasteiger partial charge in [0.2, 0.25) is 0 Å². The predicted molar refractivity (Wildman–Crippen MR) is 56.4 cm³/mol. The van der Waals surface area contributed by atoms with Crippen molar-refractivity contribution in [2.75, 3.05) is 0 Å². The van der Waals surface area contributed by atoms with E-state index in [4.69, 9.17) is 10.7 Å². The zero-order valence-corrected chi connectivity index (χ0v) is 9.16. The highest BCUT2D eigenvalue weighted by atomic mass is 35.7. The molecule has 76 valence electrons. The minimum atomic E-state index is -3.65. The number of hydrogen-bond acceptors (Lipinski definition) is 3. The van der Waals surface area contributed by atoms with Gasteiger partial charge in [-0.25, -0.2) is 13.4 Å². The van der Waals surface area contributed by atoms with E-state index >= 15 is 0 Å². The number of benzene rings is 1. The van der Waals surface area contributed by atoms with Gasteiger partial charge in [-0.05, 0) is 18.2 Å². The average molecular weight is 253 g/mol. The molecule has 0 amide bonds. The van der Waals surface area contributed by atoms with Crippen molar-refractivity contribution < 1.29 is 8.42 Å². The lowest BCUT2D eigenvalue weighted by atomic mass is 10.3. The van der Waals surface area contributed by atoms with Crippen LogP contribution in [-0.4, -0.2) is 18.4 Å². The van der Waals surface area contributed by atoms with Gasteiger partial charge in [0.05, 0.1) is 22.3 Å². The molecular formula is C7H6Cl2N2O2S. The molecule has 1 aromatic heterocycles. The van der Waals surface area contributed by atoms with E-state index in [0.717, 1.165) is 0 Å². The van der Waals surface area contributed by atoms with E-state index in [9.17, 15) is 8.42 Å². The lowest BCUT2D eigenvalue weighted by Crippen LogP contribution is -1.89. The topological polar surface area (TPSA) is 62.8 Å². The van der Waals surface area contributed by atoms with Gasteiger partial charge in [0.25, 0.3) is 9.05 Å². The van der Waals surface area contributed by atoms with Crippen LogP contribution >= 0.6 is 23.1 Å². The van der Waals surface area contributed by atoms with Gasteiger partial charge in [-0.3, -0.25) is 0 Å². The molecule has 7 heteroatoms. The molecule has 0 aliphatic rings.